The normalized spacial score (nSPS) is 17.0. The lowest BCUT2D eigenvalue weighted by atomic mass is 9.80. The summed E-state index contributed by atoms with van der Waals surface area (Å²) in [7, 11) is 0. The van der Waals surface area contributed by atoms with E-state index in [0.717, 1.165) is 0 Å². The van der Waals surface area contributed by atoms with Crippen molar-refractivity contribution >= 4 is 41.3 Å². The number of dihydropyridines is 1. The lowest BCUT2D eigenvalue weighted by Gasteiger charge is -2.30. The number of ether oxygens (including phenoxy) is 1. The van der Waals surface area contributed by atoms with E-state index in [4.69, 9.17) is 28.3 Å². The van der Waals surface area contributed by atoms with Crippen LogP contribution in [0.25, 0.3) is 0 Å². The highest BCUT2D eigenvalue weighted by molar-refractivity contribution is 6.42. The van der Waals surface area contributed by atoms with Crippen molar-refractivity contribution in [2.24, 2.45) is 0 Å². The summed E-state index contributed by atoms with van der Waals surface area (Å²) in [6.45, 7) is 0.824. The first-order chi connectivity index (χ1) is 12.1. The van der Waals surface area contributed by atoms with Crippen molar-refractivity contribution in [3.8, 4) is 0 Å². The zero-order valence-electron chi connectivity index (χ0n) is 13.2. The minimum atomic E-state index is -1.60. The van der Waals surface area contributed by atoms with Gasteiger partial charge in [-0.05, 0) is 18.6 Å². The fraction of sp³-hybridized carbons (Fsp3) is 0.188. The number of carboxylic acids is 2. The standard InChI is InChI=1S/C16H13Cl2NO7/c1-6-10(14(20)21)11(7-3-2-4-8(17)13(7)18)12(15(22)23)9(19-6)5-26-16(24)25/h2-4,11,19H,5H2,1H3,(H,20,21)(H,22,23)(H,24,25). The third-order valence-electron chi connectivity index (χ3n) is 3.74. The largest absolute Gasteiger partial charge is 0.506 e. The van der Waals surface area contributed by atoms with Gasteiger partial charge in [-0.25, -0.2) is 14.4 Å². The molecule has 0 aliphatic carbocycles. The van der Waals surface area contributed by atoms with Crippen molar-refractivity contribution in [2.45, 2.75) is 12.8 Å². The molecule has 0 saturated heterocycles. The summed E-state index contributed by atoms with van der Waals surface area (Å²) in [5, 5.41) is 30.7. The van der Waals surface area contributed by atoms with Gasteiger partial charge < -0.3 is 25.4 Å². The van der Waals surface area contributed by atoms with Gasteiger partial charge in [0, 0.05) is 5.70 Å². The van der Waals surface area contributed by atoms with E-state index in [1.807, 2.05) is 0 Å². The summed E-state index contributed by atoms with van der Waals surface area (Å²) in [6, 6.07) is 4.44. The van der Waals surface area contributed by atoms with Crippen molar-refractivity contribution in [3.63, 3.8) is 0 Å². The first-order valence-corrected chi connectivity index (χ1v) is 7.87. The van der Waals surface area contributed by atoms with Gasteiger partial charge in [0.2, 0.25) is 0 Å². The van der Waals surface area contributed by atoms with E-state index in [1.165, 1.54) is 25.1 Å². The molecule has 0 radical (unpaired) electrons. The van der Waals surface area contributed by atoms with Gasteiger partial charge in [0.15, 0.2) is 0 Å². The number of nitrogens with one attached hydrogen (secondary N) is 1. The third kappa shape index (κ3) is 3.76. The van der Waals surface area contributed by atoms with Crippen LogP contribution >= 0.6 is 23.2 Å². The molecule has 1 atom stereocenters. The number of halogens is 2. The Morgan fingerprint density at radius 1 is 1.12 bits per heavy atom. The number of aliphatic carboxylic acids is 2. The molecule has 0 spiro atoms. The van der Waals surface area contributed by atoms with Crippen molar-refractivity contribution in [1.82, 2.24) is 5.32 Å². The molecular weight excluding hydrogens is 389 g/mol. The van der Waals surface area contributed by atoms with Gasteiger partial charge in [0.25, 0.3) is 0 Å². The van der Waals surface area contributed by atoms with Gasteiger partial charge in [0.1, 0.15) is 6.61 Å². The topological polar surface area (TPSA) is 133 Å². The number of hydrogen-bond donors (Lipinski definition) is 4. The predicted molar refractivity (Wildman–Crippen MR) is 91.3 cm³/mol. The van der Waals surface area contributed by atoms with Crippen LogP contribution in [0.15, 0.2) is 40.7 Å². The first kappa shape index (κ1) is 19.6. The lowest BCUT2D eigenvalue weighted by molar-refractivity contribution is -0.133. The molecule has 4 N–H and O–H groups in total. The lowest BCUT2D eigenvalue weighted by Crippen LogP contribution is -2.34. The molecule has 1 aliphatic heterocycles. The minimum Gasteiger partial charge on any atom is -0.478 e. The zero-order valence-corrected chi connectivity index (χ0v) is 14.8. The van der Waals surface area contributed by atoms with Crippen molar-refractivity contribution in [3.05, 3.63) is 56.3 Å². The molecule has 138 valence electrons. The summed E-state index contributed by atoms with van der Waals surface area (Å²) < 4.78 is 4.45. The summed E-state index contributed by atoms with van der Waals surface area (Å²) in [6.07, 6.45) is -1.60. The van der Waals surface area contributed by atoms with E-state index in [-0.39, 0.29) is 32.6 Å². The highest BCUT2D eigenvalue weighted by Gasteiger charge is 2.39. The van der Waals surface area contributed by atoms with Crippen LogP contribution in [0.1, 0.15) is 18.4 Å². The maximum atomic E-state index is 11.9. The van der Waals surface area contributed by atoms with Gasteiger partial charge in [-0.3, -0.25) is 0 Å². The Morgan fingerprint density at radius 2 is 1.73 bits per heavy atom. The quantitative estimate of drug-likeness (QED) is 0.553. The fourth-order valence-electron chi connectivity index (χ4n) is 2.73. The second-order valence-electron chi connectivity index (χ2n) is 5.30. The monoisotopic (exact) mass is 401 g/mol. The van der Waals surface area contributed by atoms with E-state index in [2.05, 4.69) is 10.1 Å². The average molecular weight is 402 g/mol. The molecule has 1 heterocycles. The second kappa shape index (κ2) is 7.67. The number of allylic oxidation sites excluding steroid dienone is 1. The van der Waals surface area contributed by atoms with E-state index in [0.29, 0.717) is 0 Å². The molecule has 8 nitrogen and oxygen atoms in total. The molecule has 10 heteroatoms. The van der Waals surface area contributed by atoms with E-state index in [9.17, 15) is 24.6 Å². The summed E-state index contributed by atoms with van der Waals surface area (Å²) in [5.74, 6) is -4.08. The molecule has 2 rings (SSSR count). The van der Waals surface area contributed by atoms with Gasteiger partial charge >= 0.3 is 18.1 Å². The van der Waals surface area contributed by atoms with Crippen molar-refractivity contribution in [2.75, 3.05) is 6.61 Å². The second-order valence-corrected chi connectivity index (χ2v) is 6.08. The van der Waals surface area contributed by atoms with E-state index in [1.54, 1.807) is 0 Å². The van der Waals surface area contributed by atoms with Crippen LogP contribution in [0.3, 0.4) is 0 Å². The van der Waals surface area contributed by atoms with Crippen LogP contribution in [0, 0.1) is 0 Å². The van der Waals surface area contributed by atoms with E-state index < -0.39 is 36.2 Å². The molecule has 1 aromatic carbocycles. The maximum absolute atomic E-state index is 11.9. The molecule has 0 aromatic heterocycles. The Balaban J connectivity index is 2.74. The Labute approximate surface area is 157 Å². The average Bonchev–Trinajstić information content (AvgIpc) is 2.53. The number of carboxylic acid groups (broad SMARTS) is 3. The van der Waals surface area contributed by atoms with Crippen LogP contribution < -0.4 is 5.32 Å². The van der Waals surface area contributed by atoms with Gasteiger partial charge in [-0.2, -0.15) is 0 Å². The molecule has 1 unspecified atom stereocenters. The summed E-state index contributed by atoms with van der Waals surface area (Å²) >= 11 is 12.2. The predicted octanol–water partition coefficient (Wildman–Crippen LogP) is 3.07. The van der Waals surface area contributed by atoms with Crippen LogP contribution in [0.2, 0.25) is 10.0 Å². The Morgan fingerprint density at radius 3 is 2.27 bits per heavy atom. The molecule has 0 amide bonds. The minimum absolute atomic E-state index is 0.00451. The Kier molecular flexibility index (Phi) is 5.79. The number of rotatable bonds is 5. The van der Waals surface area contributed by atoms with Crippen LogP contribution in [-0.4, -0.2) is 40.0 Å². The molecule has 0 bridgehead atoms. The van der Waals surface area contributed by atoms with Crippen LogP contribution in [0.5, 0.6) is 0 Å². The molecule has 0 saturated carbocycles. The molecular formula is C16H13Cl2NO7. The zero-order chi connectivity index (χ0) is 19.6. The van der Waals surface area contributed by atoms with Crippen molar-refractivity contribution in [1.29, 1.82) is 0 Å². The van der Waals surface area contributed by atoms with Gasteiger partial charge in [-0.1, -0.05) is 35.3 Å². The number of hydrogen-bond acceptors (Lipinski definition) is 5. The van der Waals surface area contributed by atoms with Crippen LogP contribution in [0.4, 0.5) is 4.79 Å². The SMILES string of the molecule is CC1=C(C(=O)O)C(c2cccc(Cl)c2Cl)C(C(=O)O)=C(COC(=O)O)N1. The summed E-state index contributed by atoms with van der Waals surface area (Å²) in [5.41, 5.74) is -0.428. The smallest absolute Gasteiger partial charge is 0.478 e. The Hall–Kier alpha value is -2.71. The Bertz CT molecular complexity index is 860. The molecule has 1 aromatic rings. The molecule has 0 fully saturated rings. The highest BCUT2D eigenvalue weighted by atomic mass is 35.5. The maximum Gasteiger partial charge on any atom is 0.506 e. The van der Waals surface area contributed by atoms with Crippen LogP contribution in [-0.2, 0) is 14.3 Å². The third-order valence-corrected chi connectivity index (χ3v) is 4.57. The van der Waals surface area contributed by atoms with Gasteiger partial charge in [-0.15, -0.1) is 0 Å². The molecule has 1 aliphatic rings. The first-order valence-electron chi connectivity index (χ1n) is 7.12. The van der Waals surface area contributed by atoms with Crippen molar-refractivity contribution < 1.29 is 34.4 Å². The van der Waals surface area contributed by atoms with Gasteiger partial charge in [0.05, 0.1) is 32.8 Å². The highest BCUT2D eigenvalue weighted by Crippen LogP contribution is 2.42. The number of carbonyl (C=O) groups is 3. The molecule has 26 heavy (non-hydrogen) atoms. The number of benzene rings is 1. The van der Waals surface area contributed by atoms with E-state index >= 15 is 0 Å². The fourth-order valence-corrected chi connectivity index (χ4v) is 3.15. The summed E-state index contributed by atoms with van der Waals surface area (Å²) in [4.78, 5) is 34.3.